The highest BCUT2D eigenvalue weighted by Crippen LogP contribution is 2.30. The zero-order valence-corrected chi connectivity index (χ0v) is 16.2. The molecule has 4 rings (SSSR count). The molecule has 3 heterocycles. The van der Waals surface area contributed by atoms with Crippen molar-refractivity contribution in [2.45, 2.75) is 19.9 Å². The van der Waals surface area contributed by atoms with E-state index in [2.05, 4.69) is 10.3 Å². The van der Waals surface area contributed by atoms with Crippen LogP contribution in [0.2, 0.25) is 0 Å². The highest BCUT2D eigenvalue weighted by molar-refractivity contribution is 7.15. The van der Waals surface area contributed by atoms with Crippen LogP contribution >= 0.6 is 11.3 Å². The predicted molar refractivity (Wildman–Crippen MR) is 105 cm³/mol. The van der Waals surface area contributed by atoms with Gasteiger partial charge in [-0.2, -0.15) is 0 Å². The van der Waals surface area contributed by atoms with Gasteiger partial charge in [-0.1, -0.05) is 17.4 Å². The number of hydrogen-bond acceptors (Lipinski definition) is 7. The number of thiazole rings is 1. The Hall–Kier alpha value is -3.53. The van der Waals surface area contributed by atoms with Crippen LogP contribution in [-0.4, -0.2) is 33.2 Å². The molecule has 0 saturated carbocycles. The van der Waals surface area contributed by atoms with E-state index in [1.165, 1.54) is 23.7 Å². The summed E-state index contributed by atoms with van der Waals surface area (Å²) in [5.41, 5.74) is 1.55. The fourth-order valence-corrected chi connectivity index (χ4v) is 4.13. The lowest BCUT2D eigenvalue weighted by molar-refractivity contribution is -0.385. The zero-order valence-electron chi connectivity index (χ0n) is 15.4. The highest BCUT2D eigenvalue weighted by Gasteiger charge is 2.26. The monoisotopic (exact) mass is 412 g/mol. The van der Waals surface area contributed by atoms with Crippen molar-refractivity contribution in [3.8, 4) is 0 Å². The van der Waals surface area contributed by atoms with Crippen molar-refractivity contribution in [3.05, 3.63) is 74.2 Å². The van der Waals surface area contributed by atoms with Gasteiger partial charge in [0.2, 0.25) is 0 Å². The number of furan rings is 1. The standard InChI is InChI=1S/C19H16N4O5S/c1-11-4-5-12(9-14(11)23(26)27)18(25)22-7-6-13-16(10-22)29-19(20-13)21-17(24)15-3-2-8-28-15/h2-5,8-9H,6-7,10H2,1H3,(H,20,21,24). The molecule has 1 aliphatic heterocycles. The second-order valence-electron chi connectivity index (χ2n) is 6.56. The first kappa shape index (κ1) is 18.8. The maximum Gasteiger partial charge on any atom is 0.293 e. The van der Waals surface area contributed by atoms with Crippen LogP contribution in [0.5, 0.6) is 0 Å². The molecular formula is C19H16N4O5S. The molecule has 148 valence electrons. The van der Waals surface area contributed by atoms with Crippen LogP contribution in [0.15, 0.2) is 41.0 Å². The van der Waals surface area contributed by atoms with E-state index in [1.54, 1.807) is 36.1 Å². The average molecular weight is 412 g/mol. The average Bonchev–Trinajstić information content (AvgIpc) is 3.36. The van der Waals surface area contributed by atoms with E-state index in [4.69, 9.17) is 4.42 Å². The Morgan fingerprint density at radius 3 is 2.90 bits per heavy atom. The number of carbonyl (C=O) groups excluding carboxylic acids is 2. The van der Waals surface area contributed by atoms with Gasteiger partial charge in [0.1, 0.15) is 0 Å². The van der Waals surface area contributed by atoms with Crippen LogP contribution in [0.4, 0.5) is 10.8 Å². The molecule has 0 fully saturated rings. The summed E-state index contributed by atoms with van der Waals surface area (Å²) in [6.45, 7) is 2.42. The largest absolute Gasteiger partial charge is 0.459 e. The Balaban J connectivity index is 1.49. The Morgan fingerprint density at radius 1 is 1.34 bits per heavy atom. The van der Waals surface area contributed by atoms with Crippen LogP contribution in [0, 0.1) is 17.0 Å². The van der Waals surface area contributed by atoms with Crippen LogP contribution in [-0.2, 0) is 13.0 Å². The van der Waals surface area contributed by atoms with E-state index >= 15 is 0 Å². The third kappa shape index (κ3) is 3.74. The van der Waals surface area contributed by atoms with Gasteiger partial charge in [0.25, 0.3) is 17.5 Å². The number of nitrogens with one attached hydrogen (secondary N) is 1. The van der Waals surface area contributed by atoms with Crippen LogP contribution in [0.25, 0.3) is 0 Å². The fourth-order valence-electron chi connectivity index (χ4n) is 3.11. The molecule has 0 radical (unpaired) electrons. The number of aromatic nitrogens is 1. The summed E-state index contributed by atoms with van der Waals surface area (Å²) in [5.74, 6) is -0.467. The van der Waals surface area contributed by atoms with E-state index in [1.807, 2.05) is 0 Å². The first-order valence-corrected chi connectivity index (χ1v) is 9.62. The smallest absolute Gasteiger partial charge is 0.293 e. The second-order valence-corrected chi connectivity index (χ2v) is 7.64. The van der Waals surface area contributed by atoms with Gasteiger partial charge in [0, 0.05) is 35.0 Å². The lowest BCUT2D eigenvalue weighted by atomic mass is 10.1. The van der Waals surface area contributed by atoms with Gasteiger partial charge < -0.3 is 9.32 Å². The fraction of sp³-hybridized carbons (Fsp3) is 0.211. The number of aryl methyl sites for hydroxylation is 1. The van der Waals surface area contributed by atoms with Crippen molar-refractivity contribution in [1.29, 1.82) is 0 Å². The van der Waals surface area contributed by atoms with E-state index in [0.29, 0.717) is 30.2 Å². The third-order valence-corrected chi connectivity index (χ3v) is 5.63. The molecule has 29 heavy (non-hydrogen) atoms. The molecular weight excluding hydrogens is 396 g/mol. The normalized spacial score (nSPS) is 13.1. The number of amides is 2. The number of hydrogen-bond donors (Lipinski definition) is 1. The van der Waals surface area contributed by atoms with Crippen molar-refractivity contribution in [1.82, 2.24) is 9.88 Å². The Bertz CT molecular complexity index is 1110. The number of carbonyl (C=O) groups is 2. The molecule has 0 aliphatic carbocycles. The summed E-state index contributed by atoms with van der Waals surface area (Å²) >= 11 is 1.30. The van der Waals surface area contributed by atoms with Gasteiger partial charge in [-0.15, -0.1) is 0 Å². The summed E-state index contributed by atoms with van der Waals surface area (Å²) in [6, 6.07) is 7.68. The lowest BCUT2D eigenvalue weighted by Crippen LogP contribution is -2.35. The van der Waals surface area contributed by atoms with Crippen LogP contribution in [0.1, 0.15) is 37.0 Å². The lowest BCUT2D eigenvalue weighted by Gasteiger charge is -2.26. The van der Waals surface area contributed by atoms with Gasteiger partial charge in [0.05, 0.1) is 23.4 Å². The number of anilines is 1. The minimum absolute atomic E-state index is 0.0748. The molecule has 1 aliphatic rings. The zero-order chi connectivity index (χ0) is 20.5. The first-order valence-electron chi connectivity index (χ1n) is 8.80. The van der Waals surface area contributed by atoms with Crippen molar-refractivity contribution in [2.24, 2.45) is 0 Å². The van der Waals surface area contributed by atoms with Crippen LogP contribution < -0.4 is 5.32 Å². The first-order chi connectivity index (χ1) is 13.9. The molecule has 1 N–H and O–H groups in total. The van der Waals surface area contributed by atoms with Gasteiger partial charge in [-0.25, -0.2) is 4.98 Å². The van der Waals surface area contributed by atoms with Crippen molar-refractivity contribution in [3.63, 3.8) is 0 Å². The number of rotatable bonds is 4. The van der Waals surface area contributed by atoms with E-state index in [-0.39, 0.29) is 28.8 Å². The Labute approximate surface area is 169 Å². The molecule has 0 saturated heterocycles. The number of benzene rings is 1. The van der Waals surface area contributed by atoms with E-state index < -0.39 is 4.92 Å². The number of fused-ring (bicyclic) bond motifs is 1. The van der Waals surface area contributed by atoms with Gasteiger partial charge in [0.15, 0.2) is 10.9 Å². The molecule has 0 atom stereocenters. The summed E-state index contributed by atoms with van der Waals surface area (Å²) in [5, 5.41) is 14.3. The molecule has 3 aromatic rings. The quantitative estimate of drug-likeness (QED) is 0.518. The summed E-state index contributed by atoms with van der Waals surface area (Å²) in [4.78, 5) is 42.5. The molecule has 0 unspecified atom stereocenters. The molecule has 9 nitrogen and oxygen atoms in total. The minimum atomic E-state index is -0.489. The Kier molecular flexibility index (Phi) is 4.85. The van der Waals surface area contributed by atoms with E-state index in [0.717, 1.165) is 10.6 Å². The maximum atomic E-state index is 12.8. The summed E-state index contributed by atoms with van der Waals surface area (Å²) in [6.07, 6.45) is 1.96. The minimum Gasteiger partial charge on any atom is -0.459 e. The van der Waals surface area contributed by atoms with Crippen LogP contribution in [0.3, 0.4) is 0 Å². The summed E-state index contributed by atoms with van der Waals surface area (Å²) in [7, 11) is 0. The van der Waals surface area contributed by atoms with Gasteiger partial charge >= 0.3 is 0 Å². The SMILES string of the molecule is Cc1ccc(C(=O)N2CCc3nc(NC(=O)c4ccco4)sc3C2)cc1[N+](=O)[O-]. The third-order valence-electron chi connectivity index (χ3n) is 4.64. The highest BCUT2D eigenvalue weighted by atomic mass is 32.1. The predicted octanol–water partition coefficient (Wildman–Crippen LogP) is 3.40. The molecule has 0 bridgehead atoms. The second kappa shape index (κ2) is 7.47. The topological polar surface area (TPSA) is 119 Å². The maximum absolute atomic E-state index is 12.8. The molecule has 2 amide bonds. The molecule has 0 spiro atoms. The van der Waals surface area contributed by atoms with Gasteiger partial charge in [-0.3, -0.25) is 25.0 Å². The summed E-state index contributed by atoms with van der Waals surface area (Å²) < 4.78 is 5.07. The van der Waals surface area contributed by atoms with E-state index in [9.17, 15) is 19.7 Å². The van der Waals surface area contributed by atoms with Crippen molar-refractivity contribution < 1.29 is 18.9 Å². The number of nitrogens with zero attached hydrogens (tertiary/aromatic N) is 3. The Morgan fingerprint density at radius 2 is 2.17 bits per heavy atom. The molecule has 1 aromatic carbocycles. The number of nitro benzene ring substituents is 1. The number of nitro groups is 1. The van der Waals surface area contributed by atoms with Gasteiger partial charge in [-0.05, 0) is 25.1 Å². The molecule has 2 aromatic heterocycles. The molecule has 10 heteroatoms. The van der Waals surface area contributed by atoms with Crippen molar-refractivity contribution in [2.75, 3.05) is 11.9 Å². The van der Waals surface area contributed by atoms with Crippen molar-refractivity contribution >= 4 is 34.0 Å².